The van der Waals surface area contributed by atoms with E-state index in [4.69, 9.17) is 30.9 Å². The van der Waals surface area contributed by atoms with Gasteiger partial charge >= 0.3 is 26.3 Å². The van der Waals surface area contributed by atoms with Gasteiger partial charge in [0.1, 0.15) is 5.72 Å². The van der Waals surface area contributed by atoms with Crippen LogP contribution in [0, 0.1) is 6.92 Å². The topological polar surface area (TPSA) is 177 Å². The summed E-state index contributed by atoms with van der Waals surface area (Å²) in [4.78, 5) is 52.8. The van der Waals surface area contributed by atoms with Crippen molar-refractivity contribution in [2.24, 2.45) is 0 Å². The molecule has 0 aromatic carbocycles. The highest BCUT2D eigenvalue weighted by Gasteiger charge is 2.66. The van der Waals surface area contributed by atoms with Gasteiger partial charge in [-0.3, -0.25) is 23.5 Å². The van der Waals surface area contributed by atoms with E-state index < -0.39 is 55.5 Å². The normalized spacial score (nSPS) is 29.6. The third-order valence-corrected chi connectivity index (χ3v) is 12.3. The largest absolute Gasteiger partial charge is 0.444 e. The van der Waals surface area contributed by atoms with Crippen molar-refractivity contribution in [2.45, 2.75) is 49.3 Å². The summed E-state index contributed by atoms with van der Waals surface area (Å²) in [5, 5.41) is -5.41. The minimum Gasteiger partial charge on any atom is -0.346 e. The second-order valence-corrected chi connectivity index (χ2v) is 16.9. The fourth-order valence-corrected chi connectivity index (χ4v) is 9.39. The van der Waals surface area contributed by atoms with E-state index in [9.17, 15) is 32.4 Å². The van der Waals surface area contributed by atoms with Crippen molar-refractivity contribution < 1.29 is 46.2 Å². The average Bonchev–Trinajstić information content (AvgIpc) is 3.19. The highest BCUT2D eigenvalue weighted by atomic mass is 32.9. The third kappa shape index (κ3) is 4.65. The number of fused-ring (bicyclic) bond motifs is 2. The van der Waals surface area contributed by atoms with E-state index in [1.165, 1.54) is 17.7 Å². The molecule has 32 heavy (non-hydrogen) atoms. The van der Waals surface area contributed by atoms with Gasteiger partial charge in [-0.15, -0.1) is 0 Å². The van der Waals surface area contributed by atoms with E-state index in [0.717, 1.165) is 0 Å². The number of hydrogen-bond acceptors (Lipinski definition) is 8. The van der Waals surface area contributed by atoms with Crippen molar-refractivity contribution >= 4 is 44.9 Å². The number of rotatable bonds is 8. The maximum atomic E-state index is 13.7. The number of nitrogens with one attached hydrogen (secondary N) is 1. The van der Waals surface area contributed by atoms with Crippen LogP contribution in [0.15, 0.2) is 15.8 Å². The maximum absolute atomic E-state index is 13.7. The standard InChI is InChI=1S/C13H19F2N2O10P3S2/c1-8-6-17(10(19)16-9(8)18)12-4-2-11(26-12,3-5-12)7-25-30(31,32)27-29(23,24)13(14,15)28(20,21)22/h6H,2-5,7H2,1H3,(H,23,24)(H,31,32)(H,16,18,19)(H2,20,21,22). The summed E-state index contributed by atoms with van der Waals surface area (Å²) in [7, 11) is -12.6. The van der Waals surface area contributed by atoms with Gasteiger partial charge in [-0.05, 0) is 44.4 Å². The zero-order chi connectivity index (χ0) is 24.4. The predicted octanol–water partition coefficient (Wildman–Crippen LogP) is 1.94. The molecule has 1 aromatic rings. The monoisotopic (exact) mass is 558 g/mol. The van der Waals surface area contributed by atoms with Crippen molar-refractivity contribution in [3.8, 4) is 0 Å². The number of hydrogen-bond donors (Lipinski definition) is 5. The van der Waals surface area contributed by atoms with E-state index in [-0.39, 0.29) is 5.56 Å². The molecule has 0 saturated carbocycles. The van der Waals surface area contributed by atoms with Gasteiger partial charge < -0.3 is 23.9 Å². The molecular formula is C13H19F2N2O10P3S2. The molecule has 2 bridgehead atoms. The molecule has 2 saturated heterocycles. The van der Waals surface area contributed by atoms with Crippen LogP contribution in [0.5, 0.6) is 0 Å². The van der Waals surface area contributed by atoms with Crippen LogP contribution in [-0.2, 0) is 40.2 Å². The molecule has 19 heteroatoms. The molecule has 2 aliphatic rings. The summed E-state index contributed by atoms with van der Waals surface area (Å²) in [6, 6.07) is 0. The number of ether oxygens (including phenoxy) is 1. The van der Waals surface area contributed by atoms with E-state index in [0.29, 0.717) is 25.7 Å². The maximum Gasteiger partial charge on any atom is 0.444 e. The SMILES string of the molecule is Cc1cn(C23CCC(COP(=S)(S)OP(=O)(O)C(F)(F)P(=O)(O)O)(CC2)O3)c(=O)[nH]c1=O. The first-order valence-corrected chi connectivity index (χ1v) is 15.8. The molecule has 1 aromatic heterocycles. The summed E-state index contributed by atoms with van der Waals surface area (Å²) in [5.74, 6) is 0. The molecule has 2 unspecified atom stereocenters. The van der Waals surface area contributed by atoms with E-state index in [2.05, 4.69) is 21.5 Å². The first-order valence-electron chi connectivity index (χ1n) is 8.84. The second-order valence-electron chi connectivity index (χ2n) is 7.57. The molecule has 182 valence electrons. The number of aryl methyl sites for hydroxylation is 1. The summed E-state index contributed by atoms with van der Waals surface area (Å²) in [6.45, 7) is 1.11. The van der Waals surface area contributed by atoms with Crippen molar-refractivity contribution in [3.63, 3.8) is 0 Å². The Bertz CT molecular complexity index is 1190. The molecule has 4 N–H and O–H groups in total. The molecule has 3 rings (SSSR count). The summed E-state index contributed by atoms with van der Waals surface area (Å²) >= 11 is 8.48. The Balaban J connectivity index is 1.75. The minimum absolute atomic E-state index is 0.284. The van der Waals surface area contributed by atoms with Crippen LogP contribution in [0.1, 0.15) is 31.2 Å². The summed E-state index contributed by atoms with van der Waals surface area (Å²) < 4.78 is 66.8. The Labute approximate surface area is 189 Å². The van der Waals surface area contributed by atoms with Crippen LogP contribution in [-0.4, -0.2) is 41.8 Å². The van der Waals surface area contributed by atoms with Crippen LogP contribution in [0.4, 0.5) is 8.78 Å². The lowest BCUT2D eigenvalue weighted by molar-refractivity contribution is -0.110. The third-order valence-electron chi connectivity index (χ3n) is 5.30. The number of thiol groups is 1. The lowest BCUT2D eigenvalue weighted by atomic mass is 9.86. The Morgan fingerprint density at radius 2 is 1.84 bits per heavy atom. The molecule has 0 amide bonds. The zero-order valence-electron chi connectivity index (χ0n) is 16.2. The van der Waals surface area contributed by atoms with Crippen molar-refractivity contribution in [2.75, 3.05) is 6.61 Å². The van der Waals surface area contributed by atoms with E-state index in [1.54, 1.807) is 0 Å². The molecule has 12 nitrogen and oxygen atoms in total. The number of aromatic nitrogens is 2. The van der Waals surface area contributed by atoms with Gasteiger partial charge in [-0.1, -0.05) is 12.2 Å². The first-order chi connectivity index (χ1) is 14.4. The average molecular weight is 558 g/mol. The molecule has 2 fully saturated rings. The highest BCUT2D eigenvalue weighted by Crippen LogP contribution is 2.79. The van der Waals surface area contributed by atoms with Gasteiger partial charge in [-0.25, -0.2) is 9.11 Å². The number of aromatic amines is 1. The molecule has 2 atom stereocenters. The second kappa shape index (κ2) is 8.17. The number of alkyl halides is 2. The summed E-state index contributed by atoms with van der Waals surface area (Å²) in [5.41, 5.74) is -7.26. The van der Waals surface area contributed by atoms with Crippen molar-refractivity contribution in [1.29, 1.82) is 0 Å². The number of H-pyrrole nitrogens is 1. The molecule has 3 heterocycles. The fraction of sp³-hybridized carbons (Fsp3) is 0.692. The van der Waals surface area contributed by atoms with Crippen LogP contribution in [0.3, 0.4) is 0 Å². The first kappa shape index (κ1) is 26.4. The number of halogens is 2. The Kier molecular flexibility index (Phi) is 6.73. The van der Waals surface area contributed by atoms with E-state index >= 15 is 0 Å². The van der Waals surface area contributed by atoms with Crippen molar-refractivity contribution in [1.82, 2.24) is 9.55 Å². The minimum atomic E-state index is -6.36. The Morgan fingerprint density at radius 3 is 2.38 bits per heavy atom. The van der Waals surface area contributed by atoms with Gasteiger partial charge in [0.05, 0.1) is 12.2 Å². The van der Waals surface area contributed by atoms with Crippen LogP contribution in [0.2, 0.25) is 0 Å². The molecule has 0 spiro atoms. The lowest BCUT2D eigenvalue weighted by Crippen LogP contribution is -2.43. The molecule has 0 aliphatic carbocycles. The van der Waals surface area contributed by atoms with Gasteiger partial charge in [-0.2, -0.15) is 8.78 Å². The van der Waals surface area contributed by atoms with Crippen molar-refractivity contribution in [3.05, 3.63) is 32.6 Å². The molecule has 0 radical (unpaired) electrons. The Hall–Kier alpha value is -0.240. The lowest BCUT2D eigenvalue weighted by Gasteiger charge is -2.29. The zero-order valence-corrected chi connectivity index (χ0v) is 20.6. The van der Waals surface area contributed by atoms with Gasteiger partial charge in [0.25, 0.3) is 11.3 Å². The predicted molar refractivity (Wildman–Crippen MR) is 113 cm³/mol. The van der Waals surface area contributed by atoms with Gasteiger partial charge in [0.15, 0.2) is 0 Å². The van der Waals surface area contributed by atoms with Gasteiger partial charge in [0.2, 0.25) is 0 Å². The van der Waals surface area contributed by atoms with Crippen LogP contribution < -0.4 is 11.2 Å². The highest BCUT2D eigenvalue weighted by molar-refractivity contribution is 8.60. The quantitative estimate of drug-likeness (QED) is 0.233. The Morgan fingerprint density at radius 1 is 1.28 bits per heavy atom. The molecular weight excluding hydrogens is 539 g/mol. The fourth-order valence-electron chi connectivity index (χ4n) is 3.61. The van der Waals surface area contributed by atoms with Crippen LogP contribution in [0.25, 0.3) is 0 Å². The smallest absolute Gasteiger partial charge is 0.346 e. The number of nitrogens with zero attached hydrogens (tertiary/aromatic N) is 1. The van der Waals surface area contributed by atoms with Crippen LogP contribution >= 0.6 is 33.1 Å². The van der Waals surface area contributed by atoms with E-state index in [1.807, 2.05) is 0 Å². The summed E-state index contributed by atoms with van der Waals surface area (Å²) in [6.07, 6.45) is 2.70. The molecule has 2 aliphatic heterocycles. The van der Waals surface area contributed by atoms with Gasteiger partial charge in [0, 0.05) is 11.8 Å².